The second-order valence-electron chi connectivity index (χ2n) is 14.3. The minimum Gasteiger partial charge on any atom is -0.462 e. The summed E-state index contributed by atoms with van der Waals surface area (Å²) in [5, 5.41) is 39.4. The van der Waals surface area contributed by atoms with Crippen LogP contribution in [-0.2, 0) is 19.6 Å². The van der Waals surface area contributed by atoms with Gasteiger partial charge < -0.3 is 32.5 Å². The molecule has 0 atom stereocenters. The largest absolute Gasteiger partial charge is 0.534 e. The summed E-state index contributed by atoms with van der Waals surface area (Å²) in [7, 11) is -7.30. The average molecular weight is 933 g/mol. The molecule has 2 heterocycles. The lowest BCUT2D eigenvalue weighted by Crippen LogP contribution is -2.28. The summed E-state index contributed by atoms with van der Waals surface area (Å²) in [4.78, 5) is 46.3. The fourth-order valence-corrected chi connectivity index (χ4v) is 6.80. The zero-order valence-electron chi connectivity index (χ0n) is 33.8. The molecular formula is C41H34BF5N2O15S. The molecule has 0 radical (unpaired) electrons. The number of benzene rings is 4. The second kappa shape index (κ2) is 19.1. The second-order valence-corrected chi connectivity index (χ2v) is 15.9. The number of furan rings is 2. The van der Waals surface area contributed by atoms with E-state index in [2.05, 4.69) is 4.18 Å². The summed E-state index contributed by atoms with van der Waals surface area (Å²) >= 11 is 0. The van der Waals surface area contributed by atoms with Gasteiger partial charge in [0.05, 0.1) is 35.2 Å². The van der Waals surface area contributed by atoms with E-state index < -0.39 is 67.6 Å². The van der Waals surface area contributed by atoms with Gasteiger partial charge in [0.25, 0.3) is 5.69 Å². The molecule has 2 aliphatic carbocycles. The average Bonchev–Trinajstić information content (AvgIpc) is 4.18. The van der Waals surface area contributed by atoms with Crippen LogP contribution in [0, 0.1) is 31.9 Å². The summed E-state index contributed by atoms with van der Waals surface area (Å²) in [5.74, 6) is -3.62. The molecule has 2 fully saturated rings. The Bertz CT molecular complexity index is 2890. The molecule has 65 heavy (non-hydrogen) atoms. The molecule has 2 aliphatic rings. The molecule has 0 amide bonds. The normalized spacial score (nSPS) is 13.6. The fourth-order valence-electron chi connectivity index (χ4n) is 6.33. The summed E-state index contributed by atoms with van der Waals surface area (Å²) in [6, 6.07) is 14.2. The van der Waals surface area contributed by atoms with Gasteiger partial charge >= 0.3 is 40.4 Å². The zero-order chi connectivity index (χ0) is 47.5. The first-order valence-corrected chi connectivity index (χ1v) is 20.8. The minimum absolute atomic E-state index is 0.0141. The highest BCUT2D eigenvalue weighted by Gasteiger charge is 2.49. The SMILES string of the molecule is CCOC(=O)c1c(-c2ccc(F)cc2)oc2cc([N+](=O)[O-])c(C3CC3)cc12.CCOC(=O)c1c(-c2ccc(F)cc2)oc2cc([N+](=O)[O-])c(OS(=O)(=O)C(F)(F)F)cc12.OB(O)C1CC1. The van der Waals surface area contributed by atoms with E-state index in [0.717, 1.165) is 37.8 Å². The third-order valence-electron chi connectivity index (χ3n) is 9.72. The molecule has 342 valence electrons. The molecule has 2 saturated carbocycles. The van der Waals surface area contributed by atoms with E-state index in [0.29, 0.717) is 28.6 Å². The maximum Gasteiger partial charge on any atom is 0.534 e. The highest BCUT2D eigenvalue weighted by Crippen LogP contribution is 2.47. The van der Waals surface area contributed by atoms with E-state index in [9.17, 15) is 60.2 Å². The van der Waals surface area contributed by atoms with Gasteiger partial charge in [-0.2, -0.15) is 21.6 Å². The first kappa shape index (κ1) is 47.6. The Labute approximate surface area is 363 Å². The highest BCUT2D eigenvalue weighted by atomic mass is 32.2. The van der Waals surface area contributed by atoms with Crippen LogP contribution in [0.2, 0.25) is 5.82 Å². The molecule has 0 unspecified atom stereocenters. The number of ether oxygens (including phenoxy) is 2. The lowest BCUT2D eigenvalue weighted by Gasteiger charge is -2.09. The van der Waals surface area contributed by atoms with Gasteiger partial charge in [-0.05, 0) is 93.0 Å². The number of nitro groups is 2. The van der Waals surface area contributed by atoms with Gasteiger partial charge in [0.1, 0.15) is 45.4 Å². The molecule has 2 aromatic heterocycles. The molecule has 0 saturated heterocycles. The number of esters is 2. The van der Waals surface area contributed by atoms with Crippen molar-refractivity contribution in [2.45, 2.75) is 56.8 Å². The van der Waals surface area contributed by atoms with E-state index >= 15 is 0 Å². The van der Waals surface area contributed by atoms with E-state index in [1.807, 2.05) is 0 Å². The Balaban J connectivity index is 0.000000192. The third-order valence-corrected chi connectivity index (χ3v) is 10.7. The van der Waals surface area contributed by atoms with Crippen molar-refractivity contribution in [2.24, 2.45) is 0 Å². The van der Waals surface area contributed by atoms with Crippen molar-refractivity contribution in [3.05, 3.63) is 121 Å². The van der Waals surface area contributed by atoms with E-state index in [4.69, 9.17) is 28.4 Å². The Morgan fingerprint density at radius 3 is 1.52 bits per heavy atom. The van der Waals surface area contributed by atoms with Gasteiger partial charge in [-0.15, -0.1) is 0 Å². The number of fused-ring (bicyclic) bond motifs is 2. The number of carbonyl (C=O) groups excluding carboxylic acids is 2. The van der Waals surface area contributed by atoms with Crippen LogP contribution < -0.4 is 4.18 Å². The smallest absolute Gasteiger partial charge is 0.462 e. The number of nitrogens with zero attached hydrogens (tertiary/aromatic N) is 2. The van der Waals surface area contributed by atoms with Crippen molar-refractivity contribution in [1.29, 1.82) is 0 Å². The lowest BCUT2D eigenvalue weighted by molar-refractivity contribution is -0.385. The molecular weight excluding hydrogens is 898 g/mol. The van der Waals surface area contributed by atoms with E-state index in [-0.39, 0.29) is 75.4 Å². The minimum atomic E-state index is -6.26. The van der Waals surface area contributed by atoms with Crippen molar-refractivity contribution >= 4 is 62.5 Å². The maximum atomic E-state index is 13.3. The molecule has 8 rings (SSSR count). The number of rotatable bonds is 12. The number of hydrogen-bond acceptors (Lipinski definition) is 15. The standard InChI is InChI=1S/C20H16FNO5.C18H11F4NO8S.C3H7BO2/c1-2-26-20(23)18-15-9-14(11-3-4-11)16(22(24)25)10-17(15)27-19(18)12-5-7-13(21)8-6-12;1-2-29-17(24)15-11-7-14(31-32(27,28)18(20,21)22)12(23(25)26)8-13(11)30-16(15)9-3-5-10(19)6-4-9;5-4(6)3-1-2-3/h5-11H,2-4H2,1H3;3-8H,2H2,1H3;3,5-6H,1-2H2. The van der Waals surface area contributed by atoms with Gasteiger partial charge in [-0.3, -0.25) is 20.2 Å². The summed E-state index contributed by atoms with van der Waals surface area (Å²) in [6.45, 7) is 3.22. The van der Waals surface area contributed by atoms with Crippen LogP contribution in [0.5, 0.6) is 5.75 Å². The topological polar surface area (TPSA) is 249 Å². The predicted octanol–water partition coefficient (Wildman–Crippen LogP) is 9.38. The molecule has 24 heteroatoms. The zero-order valence-corrected chi connectivity index (χ0v) is 34.6. The third kappa shape index (κ3) is 10.7. The molecule has 4 aromatic carbocycles. The van der Waals surface area contributed by atoms with Crippen LogP contribution >= 0.6 is 0 Å². The van der Waals surface area contributed by atoms with Gasteiger partial charge in [0.15, 0.2) is 0 Å². The Kier molecular flexibility index (Phi) is 13.9. The van der Waals surface area contributed by atoms with Gasteiger partial charge in [0.2, 0.25) is 5.75 Å². The Morgan fingerprint density at radius 2 is 1.17 bits per heavy atom. The van der Waals surface area contributed by atoms with Crippen LogP contribution in [0.15, 0.2) is 81.6 Å². The molecule has 6 aromatic rings. The molecule has 2 N–H and O–H groups in total. The van der Waals surface area contributed by atoms with Crippen LogP contribution in [0.25, 0.3) is 44.6 Å². The number of carbonyl (C=O) groups is 2. The molecule has 0 bridgehead atoms. The quantitative estimate of drug-likeness (QED) is 0.0221. The van der Waals surface area contributed by atoms with Crippen LogP contribution in [0.4, 0.5) is 33.3 Å². The Hall–Kier alpha value is -6.92. The first-order valence-electron chi connectivity index (χ1n) is 19.4. The monoisotopic (exact) mass is 932 g/mol. The number of alkyl halides is 3. The van der Waals surface area contributed by atoms with Crippen molar-refractivity contribution in [3.63, 3.8) is 0 Å². The van der Waals surface area contributed by atoms with Crippen molar-refractivity contribution in [3.8, 4) is 28.4 Å². The first-order chi connectivity index (χ1) is 30.6. The Morgan fingerprint density at radius 1 is 0.738 bits per heavy atom. The fraction of sp³-hybridized carbons (Fsp3) is 0.268. The maximum absolute atomic E-state index is 13.3. The van der Waals surface area contributed by atoms with Crippen LogP contribution in [0.3, 0.4) is 0 Å². The van der Waals surface area contributed by atoms with Gasteiger partial charge in [-0.1, -0.05) is 12.8 Å². The number of nitro benzene ring substituents is 2. The van der Waals surface area contributed by atoms with Crippen LogP contribution in [-0.4, -0.2) is 66.1 Å². The summed E-state index contributed by atoms with van der Waals surface area (Å²) < 4.78 is 113. The van der Waals surface area contributed by atoms with Crippen molar-refractivity contribution in [1.82, 2.24) is 0 Å². The molecule has 0 spiro atoms. The number of halogens is 5. The molecule has 17 nitrogen and oxygen atoms in total. The molecule has 0 aliphatic heterocycles. The summed E-state index contributed by atoms with van der Waals surface area (Å²) in [6.07, 6.45) is 3.75. The number of hydrogen-bond donors (Lipinski definition) is 2. The van der Waals surface area contributed by atoms with Gasteiger partial charge in [-0.25, -0.2) is 18.4 Å². The van der Waals surface area contributed by atoms with E-state index in [1.54, 1.807) is 13.0 Å². The highest BCUT2D eigenvalue weighted by molar-refractivity contribution is 7.88. The van der Waals surface area contributed by atoms with Crippen LogP contribution in [0.1, 0.15) is 71.7 Å². The summed E-state index contributed by atoms with van der Waals surface area (Å²) in [5.41, 5.74) is -6.11. The van der Waals surface area contributed by atoms with E-state index in [1.165, 1.54) is 49.4 Å². The predicted molar refractivity (Wildman–Crippen MR) is 219 cm³/mol. The van der Waals surface area contributed by atoms with Crippen molar-refractivity contribution in [2.75, 3.05) is 13.2 Å². The van der Waals surface area contributed by atoms with Gasteiger partial charge in [0, 0.05) is 33.5 Å². The van der Waals surface area contributed by atoms with Crippen molar-refractivity contribution < 1.29 is 82.3 Å². The lowest BCUT2D eigenvalue weighted by atomic mass is 9.84.